The number of carbonyl (C=O) groups excluding carboxylic acids is 2. The number of ether oxygens (including phenoxy) is 2. The summed E-state index contributed by atoms with van der Waals surface area (Å²) in [7, 11) is 0. The van der Waals surface area contributed by atoms with Crippen LogP contribution in [-0.4, -0.2) is 29.4 Å². The Morgan fingerprint density at radius 1 is 1.18 bits per heavy atom. The summed E-state index contributed by atoms with van der Waals surface area (Å²) < 4.78 is 9.69. The molecule has 0 radical (unpaired) electrons. The first-order valence-electron chi connectivity index (χ1n) is 7.39. The molecule has 0 N–H and O–H groups in total. The number of aryl methyl sites for hydroxylation is 1. The van der Waals surface area contributed by atoms with Crippen LogP contribution in [0.15, 0.2) is 41.3 Å². The number of hydrogen-bond donors (Lipinski definition) is 0. The minimum absolute atomic E-state index is 0.266. The third-order valence-electron chi connectivity index (χ3n) is 4.82. The van der Waals surface area contributed by atoms with Crippen molar-refractivity contribution in [2.75, 3.05) is 6.61 Å². The van der Waals surface area contributed by atoms with Gasteiger partial charge in [-0.1, -0.05) is 23.8 Å². The lowest BCUT2D eigenvalue weighted by Crippen LogP contribution is -2.62. The van der Waals surface area contributed by atoms with Crippen LogP contribution in [0.25, 0.3) is 0 Å². The van der Waals surface area contributed by atoms with Crippen LogP contribution >= 0.6 is 11.8 Å². The first kappa shape index (κ1) is 13.9. The molecule has 2 saturated heterocycles. The van der Waals surface area contributed by atoms with Crippen LogP contribution < -0.4 is 0 Å². The number of carbonyl (C=O) groups is 2. The molecule has 2 bridgehead atoms. The molecule has 3 unspecified atom stereocenters. The monoisotopic (exact) mass is 316 g/mol. The Bertz CT molecular complexity index is 680. The topological polar surface area (TPSA) is 52.6 Å². The summed E-state index contributed by atoms with van der Waals surface area (Å²) in [5.74, 6) is -0.589. The predicted molar refractivity (Wildman–Crippen MR) is 81.4 cm³/mol. The first-order valence-corrected chi connectivity index (χ1v) is 8.21. The molecule has 1 aromatic rings. The molecular formula is C17H16O4S. The highest BCUT2D eigenvalue weighted by atomic mass is 32.2. The van der Waals surface area contributed by atoms with E-state index in [0.29, 0.717) is 19.4 Å². The van der Waals surface area contributed by atoms with Crippen LogP contribution in [0.4, 0.5) is 0 Å². The lowest BCUT2D eigenvalue weighted by Gasteiger charge is -2.50. The van der Waals surface area contributed by atoms with Gasteiger partial charge in [0.1, 0.15) is 11.5 Å². The number of fused-ring (bicyclic) bond motifs is 1. The van der Waals surface area contributed by atoms with E-state index in [2.05, 4.69) is 0 Å². The number of esters is 2. The zero-order chi connectivity index (χ0) is 15.4. The van der Waals surface area contributed by atoms with Gasteiger partial charge in [-0.05, 0) is 25.1 Å². The Morgan fingerprint density at radius 3 is 2.59 bits per heavy atom. The zero-order valence-corrected chi connectivity index (χ0v) is 13.0. The van der Waals surface area contributed by atoms with Crippen molar-refractivity contribution < 1.29 is 19.1 Å². The van der Waals surface area contributed by atoms with Gasteiger partial charge in [0, 0.05) is 17.7 Å². The van der Waals surface area contributed by atoms with Crippen molar-refractivity contribution in [3.8, 4) is 0 Å². The highest BCUT2D eigenvalue weighted by Crippen LogP contribution is 2.60. The quantitative estimate of drug-likeness (QED) is 0.620. The molecule has 1 aliphatic carbocycles. The molecule has 4 aliphatic rings. The van der Waals surface area contributed by atoms with Crippen LogP contribution in [0.5, 0.6) is 0 Å². The van der Waals surface area contributed by atoms with E-state index in [-0.39, 0.29) is 18.0 Å². The van der Waals surface area contributed by atoms with Crippen molar-refractivity contribution in [3.63, 3.8) is 0 Å². The molecule has 0 aromatic heterocycles. The fraction of sp³-hybridized carbons (Fsp3) is 0.412. The second-order valence-electron chi connectivity index (χ2n) is 6.13. The zero-order valence-electron chi connectivity index (χ0n) is 12.2. The smallest absolute Gasteiger partial charge is 0.328 e. The molecule has 0 amide bonds. The Morgan fingerprint density at radius 2 is 1.95 bits per heavy atom. The molecular weight excluding hydrogens is 300 g/mol. The molecule has 5 rings (SSSR count). The van der Waals surface area contributed by atoms with Gasteiger partial charge in [0.15, 0.2) is 4.75 Å². The van der Waals surface area contributed by atoms with Gasteiger partial charge >= 0.3 is 11.9 Å². The van der Waals surface area contributed by atoms with E-state index in [1.165, 1.54) is 11.8 Å². The average Bonchev–Trinajstić information content (AvgIpc) is 2.85. The van der Waals surface area contributed by atoms with Gasteiger partial charge in [-0.25, -0.2) is 0 Å². The molecule has 3 atom stereocenters. The summed E-state index contributed by atoms with van der Waals surface area (Å²) in [6, 6.07) is 7.96. The SMILES string of the molecule is Cc1ccc(SC23C=CC(CC24CCOC4=O)OC3=O)cc1. The minimum atomic E-state index is -1.01. The van der Waals surface area contributed by atoms with Gasteiger partial charge in [-0.3, -0.25) is 9.59 Å². The van der Waals surface area contributed by atoms with Gasteiger partial charge in [0.2, 0.25) is 0 Å². The molecule has 0 saturated carbocycles. The maximum atomic E-state index is 12.7. The molecule has 22 heavy (non-hydrogen) atoms. The molecule has 114 valence electrons. The largest absolute Gasteiger partial charge is 0.465 e. The van der Waals surface area contributed by atoms with E-state index in [0.717, 1.165) is 10.5 Å². The maximum Gasteiger partial charge on any atom is 0.328 e. The van der Waals surface area contributed by atoms with Crippen molar-refractivity contribution in [3.05, 3.63) is 42.0 Å². The van der Waals surface area contributed by atoms with Crippen molar-refractivity contribution in [2.24, 2.45) is 5.41 Å². The minimum Gasteiger partial charge on any atom is -0.465 e. The Kier molecular flexibility index (Phi) is 2.92. The molecule has 3 heterocycles. The van der Waals surface area contributed by atoms with Crippen molar-refractivity contribution in [1.82, 2.24) is 0 Å². The third kappa shape index (κ3) is 1.72. The third-order valence-corrected chi connectivity index (χ3v) is 6.34. The lowest BCUT2D eigenvalue weighted by molar-refractivity contribution is -0.172. The van der Waals surface area contributed by atoms with Crippen molar-refractivity contribution in [2.45, 2.75) is 35.5 Å². The van der Waals surface area contributed by atoms with Crippen LogP contribution in [0, 0.1) is 12.3 Å². The highest BCUT2D eigenvalue weighted by molar-refractivity contribution is 8.01. The molecule has 1 spiro atoms. The number of rotatable bonds is 2. The average molecular weight is 316 g/mol. The van der Waals surface area contributed by atoms with Crippen LogP contribution in [-0.2, 0) is 19.1 Å². The van der Waals surface area contributed by atoms with Crippen molar-refractivity contribution >= 4 is 23.7 Å². The van der Waals surface area contributed by atoms with Crippen molar-refractivity contribution in [1.29, 1.82) is 0 Å². The van der Waals surface area contributed by atoms with Crippen LogP contribution in [0.3, 0.4) is 0 Å². The van der Waals surface area contributed by atoms with Gasteiger partial charge < -0.3 is 9.47 Å². The van der Waals surface area contributed by atoms with E-state index < -0.39 is 10.2 Å². The summed E-state index contributed by atoms with van der Waals surface area (Å²) in [4.78, 5) is 26.1. The lowest BCUT2D eigenvalue weighted by atomic mass is 9.65. The van der Waals surface area contributed by atoms with Crippen LogP contribution in [0.2, 0.25) is 0 Å². The summed E-state index contributed by atoms with van der Waals surface area (Å²) >= 11 is 1.40. The standard InChI is InChI=1S/C17H16O4S/c1-11-2-4-13(5-3-11)22-17-7-6-12(21-15(17)19)10-16(17)8-9-20-14(16)18/h2-7,12H,8-10H2,1H3. The fourth-order valence-electron chi connectivity index (χ4n) is 3.58. The van der Waals surface area contributed by atoms with Gasteiger partial charge in [0.05, 0.1) is 6.61 Å². The van der Waals surface area contributed by atoms with E-state index in [1.54, 1.807) is 0 Å². The second-order valence-corrected chi connectivity index (χ2v) is 7.45. The Balaban J connectivity index is 1.81. The highest BCUT2D eigenvalue weighted by Gasteiger charge is 2.69. The van der Waals surface area contributed by atoms with E-state index in [1.807, 2.05) is 43.3 Å². The van der Waals surface area contributed by atoms with Gasteiger partial charge in [0.25, 0.3) is 0 Å². The summed E-state index contributed by atoms with van der Waals surface area (Å²) in [5.41, 5.74) is 0.361. The summed E-state index contributed by atoms with van der Waals surface area (Å²) in [5, 5.41) is 0. The molecule has 5 heteroatoms. The number of hydrogen-bond acceptors (Lipinski definition) is 5. The molecule has 2 fully saturated rings. The van der Waals surface area contributed by atoms with E-state index >= 15 is 0 Å². The van der Waals surface area contributed by atoms with Gasteiger partial charge in [-0.2, -0.15) is 0 Å². The fourth-order valence-corrected chi connectivity index (χ4v) is 4.97. The molecule has 1 aromatic carbocycles. The summed E-state index contributed by atoms with van der Waals surface area (Å²) in [6.45, 7) is 2.39. The predicted octanol–water partition coefficient (Wildman–Crippen LogP) is 2.64. The Hall–Kier alpha value is -1.75. The van der Waals surface area contributed by atoms with E-state index in [9.17, 15) is 9.59 Å². The van der Waals surface area contributed by atoms with Gasteiger partial charge in [-0.15, -0.1) is 11.8 Å². The molecule has 3 aliphatic heterocycles. The normalized spacial score (nSPS) is 35.8. The van der Waals surface area contributed by atoms with Crippen LogP contribution in [0.1, 0.15) is 18.4 Å². The molecule has 4 nitrogen and oxygen atoms in total. The second kappa shape index (κ2) is 4.62. The number of thioether (sulfide) groups is 1. The number of cyclic esters (lactones) is 1. The summed E-state index contributed by atoms with van der Waals surface area (Å²) in [6.07, 6.45) is 4.55. The Labute approximate surface area is 132 Å². The first-order chi connectivity index (χ1) is 10.6. The maximum absolute atomic E-state index is 12.7. The van der Waals surface area contributed by atoms with E-state index in [4.69, 9.17) is 9.47 Å². The number of benzene rings is 1.